The Morgan fingerprint density at radius 1 is 1.11 bits per heavy atom. The van der Waals surface area contributed by atoms with Crippen LogP contribution in [0.15, 0.2) is 24.4 Å². The summed E-state index contributed by atoms with van der Waals surface area (Å²) in [4.78, 5) is 46.7. The molecule has 206 valence electrons. The number of rotatable bonds is 8. The van der Waals surface area contributed by atoms with Gasteiger partial charge >= 0.3 is 5.97 Å². The average molecular weight is 525 g/mol. The van der Waals surface area contributed by atoms with Crippen LogP contribution in [0.3, 0.4) is 0 Å². The predicted molar refractivity (Wildman–Crippen MR) is 144 cm³/mol. The molecule has 1 atom stereocenters. The summed E-state index contributed by atoms with van der Waals surface area (Å²) >= 11 is 0. The van der Waals surface area contributed by atoms with Gasteiger partial charge in [0.25, 0.3) is 0 Å². The maximum Gasteiger partial charge on any atom is 0.337 e. The van der Waals surface area contributed by atoms with E-state index in [1.165, 1.54) is 26.4 Å². The van der Waals surface area contributed by atoms with Gasteiger partial charge in [-0.2, -0.15) is 0 Å². The van der Waals surface area contributed by atoms with Crippen LogP contribution in [0.4, 0.5) is 0 Å². The second-order valence-corrected chi connectivity index (χ2v) is 11.1. The normalized spacial score (nSPS) is 22.7. The van der Waals surface area contributed by atoms with Gasteiger partial charge in [-0.3, -0.25) is 14.5 Å². The lowest BCUT2D eigenvalue weighted by Gasteiger charge is -2.52. The van der Waals surface area contributed by atoms with Crippen LogP contribution in [0.1, 0.15) is 67.3 Å². The fourth-order valence-electron chi connectivity index (χ4n) is 6.68. The molecule has 0 bridgehead atoms. The van der Waals surface area contributed by atoms with Crippen LogP contribution in [0, 0.1) is 5.92 Å². The predicted octanol–water partition coefficient (Wildman–Crippen LogP) is 3.23. The van der Waals surface area contributed by atoms with Gasteiger partial charge in [0.15, 0.2) is 0 Å². The topological polar surface area (TPSA) is 104 Å². The lowest BCUT2D eigenvalue weighted by atomic mass is 9.79. The van der Waals surface area contributed by atoms with Crippen molar-refractivity contribution in [2.75, 3.05) is 40.5 Å². The fourth-order valence-corrected chi connectivity index (χ4v) is 6.68. The summed E-state index contributed by atoms with van der Waals surface area (Å²) in [6.07, 6.45) is 9.92. The van der Waals surface area contributed by atoms with Crippen LogP contribution < -0.4 is 5.32 Å². The Morgan fingerprint density at radius 2 is 1.87 bits per heavy atom. The quantitative estimate of drug-likeness (QED) is 0.514. The molecule has 2 N–H and O–H groups in total. The number of amides is 2. The molecule has 3 aliphatic rings. The molecule has 1 unspecified atom stereocenters. The van der Waals surface area contributed by atoms with Gasteiger partial charge in [0.05, 0.1) is 19.3 Å². The highest BCUT2D eigenvalue weighted by atomic mass is 16.5. The molecule has 9 nitrogen and oxygen atoms in total. The van der Waals surface area contributed by atoms with Crippen molar-refractivity contribution < 1.29 is 23.9 Å². The highest BCUT2D eigenvalue weighted by Crippen LogP contribution is 2.36. The summed E-state index contributed by atoms with van der Waals surface area (Å²) in [5.41, 5.74) is 1.73. The highest BCUT2D eigenvalue weighted by molar-refractivity contribution is 6.00. The van der Waals surface area contributed by atoms with Gasteiger partial charge in [-0.05, 0) is 42.9 Å². The van der Waals surface area contributed by atoms with Gasteiger partial charge in [-0.25, -0.2) is 4.79 Å². The number of H-pyrrole nitrogens is 1. The fraction of sp³-hybridized carbons (Fsp3) is 0.621. The monoisotopic (exact) mass is 524 g/mol. The van der Waals surface area contributed by atoms with Crippen LogP contribution >= 0.6 is 0 Å². The maximum absolute atomic E-state index is 13.7. The highest BCUT2D eigenvalue weighted by Gasteiger charge is 2.53. The lowest BCUT2D eigenvalue weighted by molar-refractivity contribution is -0.162. The number of aromatic amines is 1. The first-order chi connectivity index (χ1) is 18.4. The number of nitrogens with zero attached hydrogens (tertiary/aromatic N) is 2. The lowest BCUT2D eigenvalue weighted by Crippen LogP contribution is -2.73. The maximum atomic E-state index is 13.7. The van der Waals surface area contributed by atoms with E-state index in [1.54, 1.807) is 13.2 Å². The summed E-state index contributed by atoms with van der Waals surface area (Å²) in [6, 6.07) is 5.12. The number of esters is 1. The Hall–Kier alpha value is -2.91. The van der Waals surface area contributed by atoms with Gasteiger partial charge in [0, 0.05) is 50.4 Å². The van der Waals surface area contributed by atoms with Crippen molar-refractivity contribution in [1.29, 1.82) is 0 Å². The molecule has 2 amide bonds. The van der Waals surface area contributed by atoms with E-state index < -0.39 is 11.6 Å². The van der Waals surface area contributed by atoms with E-state index in [0.717, 1.165) is 42.3 Å². The summed E-state index contributed by atoms with van der Waals surface area (Å²) < 4.78 is 10.2. The number of likely N-dealkylation sites (tertiary alicyclic amines) is 1. The third-order valence-electron chi connectivity index (χ3n) is 8.89. The Kier molecular flexibility index (Phi) is 8.04. The van der Waals surface area contributed by atoms with Crippen molar-refractivity contribution >= 4 is 28.7 Å². The van der Waals surface area contributed by atoms with Crippen LogP contribution in [0.2, 0.25) is 0 Å². The van der Waals surface area contributed by atoms with Gasteiger partial charge in [0.1, 0.15) is 11.6 Å². The standard InChI is InChI=1S/C29H40N4O5/c1-37-15-14-33-26(34)25(16-20-6-4-3-5-7-20)31-28(36)29(33)10-12-32(13-11-29)19-22-18-30-24-17-21(27(35)38-2)8-9-23(22)24/h8-9,17-18,20,25,30H,3-7,10-16,19H2,1-2H3,(H,31,36). The Balaban J connectivity index is 1.27. The number of hydrogen-bond acceptors (Lipinski definition) is 6. The van der Waals surface area contributed by atoms with E-state index in [1.807, 2.05) is 23.2 Å². The minimum absolute atomic E-state index is 0.00361. The first-order valence-electron chi connectivity index (χ1n) is 14.0. The molecular weight excluding hydrogens is 484 g/mol. The molecule has 1 aliphatic carbocycles. The van der Waals surface area contributed by atoms with E-state index in [9.17, 15) is 14.4 Å². The summed E-state index contributed by atoms with van der Waals surface area (Å²) in [5.74, 6) is 0.205. The zero-order valence-electron chi connectivity index (χ0n) is 22.6. The number of hydrogen-bond donors (Lipinski definition) is 2. The number of piperazine rings is 1. The van der Waals surface area contributed by atoms with Crippen molar-refractivity contribution in [1.82, 2.24) is 20.1 Å². The first-order valence-corrected chi connectivity index (χ1v) is 14.0. The zero-order chi connectivity index (χ0) is 26.7. The third kappa shape index (κ3) is 5.18. The smallest absolute Gasteiger partial charge is 0.337 e. The molecule has 2 aromatic rings. The number of piperidine rings is 1. The number of benzene rings is 1. The van der Waals surface area contributed by atoms with Crippen molar-refractivity contribution in [3.8, 4) is 0 Å². The Morgan fingerprint density at radius 3 is 2.58 bits per heavy atom. The van der Waals surface area contributed by atoms with Gasteiger partial charge in [-0.1, -0.05) is 38.2 Å². The van der Waals surface area contributed by atoms with E-state index in [2.05, 4.69) is 15.2 Å². The molecule has 3 heterocycles. The molecule has 1 aromatic heterocycles. The number of ether oxygens (including phenoxy) is 2. The Bertz CT molecular complexity index is 1160. The number of nitrogens with one attached hydrogen (secondary N) is 2. The van der Waals surface area contributed by atoms with E-state index in [4.69, 9.17) is 9.47 Å². The number of carbonyl (C=O) groups excluding carboxylic acids is 3. The van der Waals surface area contributed by atoms with E-state index in [-0.39, 0.29) is 17.8 Å². The molecule has 1 aromatic carbocycles. The largest absolute Gasteiger partial charge is 0.465 e. The number of aromatic nitrogens is 1. The first kappa shape index (κ1) is 26.7. The van der Waals surface area contributed by atoms with Crippen molar-refractivity contribution in [2.24, 2.45) is 5.92 Å². The van der Waals surface area contributed by atoms with Crippen LogP contribution in [0.5, 0.6) is 0 Å². The van der Waals surface area contributed by atoms with Crippen molar-refractivity contribution in [3.05, 3.63) is 35.5 Å². The SMILES string of the molecule is COCCN1C(=O)C(CC2CCCCC2)NC(=O)C12CCN(Cc1c[nH]c3cc(C(=O)OC)ccc13)CC2. The van der Waals surface area contributed by atoms with Gasteiger partial charge in [0.2, 0.25) is 11.8 Å². The summed E-state index contributed by atoms with van der Waals surface area (Å²) in [6.45, 7) is 3.01. The second-order valence-electron chi connectivity index (χ2n) is 11.1. The molecule has 2 aliphatic heterocycles. The minimum Gasteiger partial charge on any atom is -0.465 e. The molecule has 3 fully saturated rings. The molecule has 2 saturated heterocycles. The second kappa shape index (κ2) is 11.5. The Labute approximate surface area is 224 Å². The van der Waals surface area contributed by atoms with Crippen LogP contribution in [-0.4, -0.2) is 84.6 Å². The number of carbonyl (C=O) groups is 3. The molecule has 5 rings (SSSR count). The van der Waals surface area contributed by atoms with Crippen LogP contribution in [0.25, 0.3) is 10.9 Å². The summed E-state index contributed by atoms with van der Waals surface area (Å²) in [7, 11) is 3.02. The van der Waals surface area contributed by atoms with Crippen molar-refractivity contribution in [3.63, 3.8) is 0 Å². The van der Waals surface area contributed by atoms with E-state index in [0.29, 0.717) is 50.6 Å². The molecule has 1 spiro atoms. The molecular formula is C29H40N4O5. The van der Waals surface area contributed by atoms with Gasteiger partial charge in [-0.15, -0.1) is 0 Å². The van der Waals surface area contributed by atoms with Gasteiger partial charge < -0.3 is 24.7 Å². The average Bonchev–Trinajstić information content (AvgIpc) is 3.34. The van der Waals surface area contributed by atoms with Crippen molar-refractivity contribution in [2.45, 2.75) is 69.5 Å². The number of methoxy groups -OCH3 is 2. The van der Waals surface area contributed by atoms with Crippen LogP contribution in [-0.2, 0) is 25.6 Å². The third-order valence-corrected chi connectivity index (χ3v) is 8.89. The molecule has 1 saturated carbocycles. The number of fused-ring (bicyclic) bond motifs is 1. The molecule has 0 radical (unpaired) electrons. The van der Waals surface area contributed by atoms with E-state index >= 15 is 0 Å². The zero-order valence-corrected chi connectivity index (χ0v) is 22.6. The molecule has 9 heteroatoms. The summed E-state index contributed by atoms with van der Waals surface area (Å²) in [5, 5.41) is 4.22. The molecule has 38 heavy (non-hydrogen) atoms. The minimum atomic E-state index is -0.815.